The van der Waals surface area contributed by atoms with Crippen molar-refractivity contribution < 1.29 is 13.2 Å². The maximum absolute atomic E-state index is 12.4. The molecule has 0 saturated heterocycles. The monoisotopic (exact) mass is 358 g/mol. The molecule has 0 bridgehead atoms. The molecule has 0 saturated carbocycles. The van der Waals surface area contributed by atoms with Crippen molar-refractivity contribution in [2.45, 2.75) is 26.2 Å². The van der Waals surface area contributed by atoms with E-state index < -0.39 is 10.0 Å². The molecule has 1 heterocycles. The maximum atomic E-state index is 12.4. The molecule has 0 fully saturated rings. The number of sulfonamides is 1. The highest BCUT2D eigenvalue weighted by molar-refractivity contribution is 7.92. The SMILES string of the molecule is CC(=O)N1CCCc2ccc(NS(=O)(=O)CCc3ccccc3)cc21. The standard InChI is InChI=1S/C19H22N2O3S/c1-15(22)21-12-5-8-17-9-10-18(14-19(17)21)20-25(23,24)13-11-16-6-3-2-4-7-16/h2-4,6-7,9-10,14,20H,5,8,11-13H2,1H3. The lowest BCUT2D eigenvalue weighted by Gasteiger charge is -2.29. The van der Waals surface area contributed by atoms with Crippen LogP contribution in [0.15, 0.2) is 48.5 Å². The van der Waals surface area contributed by atoms with Gasteiger partial charge in [-0.15, -0.1) is 0 Å². The first-order valence-electron chi connectivity index (χ1n) is 8.40. The average Bonchev–Trinajstić information content (AvgIpc) is 2.60. The number of carbonyl (C=O) groups excluding carboxylic acids is 1. The predicted octanol–water partition coefficient (Wildman–Crippen LogP) is 2.97. The summed E-state index contributed by atoms with van der Waals surface area (Å²) < 4.78 is 27.4. The Morgan fingerprint density at radius 3 is 2.64 bits per heavy atom. The highest BCUT2D eigenvalue weighted by Crippen LogP contribution is 2.30. The third kappa shape index (κ3) is 4.39. The van der Waals surface area contributed by atoms with E-state index in [0.717, 1.165) is 29.7 Å². The van der Waals surface area contributed by atoms with Gasteiger partial charge in [0.2, 0.25) is 15.9 Å². The maximum Gasteiger partial charge on any atom is 0.233 e. The molecule has 5 nitrogen and oxygen atoms in total. The Balaban J connectivity index is 1.74. The van der Waals surface area contributed by atoms with Crippen molar-refractivity contribution in [3.8, 4) is 0 Å². The van der Waals surface area contributed by atoms with Gasteiger partial charge in [-0.2, -0.15) is 0 Å². The Bertz CT molecular complexity index is 863. The van der Waals surface area contributed by atoms with Crippen LogP contribution in [0.2, 0.25) is 0 Å². The number of amides is 1. The molecule has 0 unspecified atom stereocenters. The molecule has 1 N–H and O–H groups in total. The lowest BCUT2D eigenvalue weighted by Crippen LogP contribution is -2.33. The summed E-state index contributed by atoms with van der Waals surface area (Å²) >= 11 is 0. The number of hydrogen-bond donors (Lipinski definition) is 1. The van der Waals surface area contributed by atoms with E-state index in [9.17, 15) is 13.2 Å². The van der Waals surface area contributed by atoms with E-state index in [2.05, 4.69) is 4.72 Å². The fraction of sp³-hybridized carbons (Fsp3) is 0.316. The molecule has 3 rings (SSSR count). The summed E-state index contributed by atoms with van der Waals surface area (Å²) in [6, 6.07) is 15.0. The van der Waals surface area contributed by atoms with E-state index in [1.165, 1.54) is 6.92 Å². The molecule has 0 atom stereocenters. The van der Waals surface area contributed by atoms with Gasteiger partial charge in [0.15, 0.2) is 0 Å². The number of aryl methyl sites for hydroxylation is 2. The fourth-order valence-electron chi connectivity index (χ4n) is 3.09. The highest BCUT2D eigenvalue weighted by Gasteiger charge is 2.21. The van der Waals surface area contributed by atoms with Gasteiger partial charge < -0.3 is 4.90 Å². The fourth-order valence-corrected chi connectivity index (χ4v) is 4.19. The van der Waals surface area contributed by atoms with Crippen LogP contribution in [0.4, 0.5) is 11.4 Å². The van der Waals surface area contributed by atoms with E-state index >= 15 is 0 Å². The smallest absolute Gasteiger partial charge is 0.233 e. The number of benzene rings is 2. The van der Waals surface area contributed by atoms with E-state index in [1.807, 2.05) is 36.4 Å². The zero-order valence-electron chi connectivity index (χ0n) is 14.2. The minimum absolute atomic E-state index is 0.0184. The molecule has 1 aliphatic heterocycles. The lowest BCUT2D eigenvalue weighted by molar-refractivity contribution is -0.116. The van der Waals surface area contributed by atoms with Crippen molar-refractivity contribution in [3.63, 3.8) is 0 Å². The third-order valence-corrected chi connectivity index (χ3v) is 5.65. The summed E-state index contributed by atoms with van der Waals surface area (Å²) in [5, 5.41) is 0. The van der Waals surface area contributed by atoms with Crippen molar-refractivity contribution in [1.82, 2.24) is 0 Å². The van der Waals surface area contributed by atoms with Crippen LogP contribution in [0, 0.1) is 0 Å². The number of fused-ring (bicyclic) bond motifs is 1. The predicted molar refractivity (Wildman–Crippen MR) is 100 cm³/mol. The van der Waals surface area contributed by atoms with Crippen molar-refractivity contribution in [1.29, 1.82) is 0 Å². The zero-order valence-corrected chi connectivity index (χ0v) is 15.1. The number of hydrogen-bond acceptors (Lipinski definition) is 3. The second-order valence-electron chi connectivity index (χ2n) is 6.27. The summed E-state index contributed by atoms with van der Waals surface area (Å²) in [5.74, 6) is -0.00474. The summed E-state index contributed by atoms with van der Waals surface area (Å²) in [4.78, 5) is 13.5. The van der Waals surface area contributed by atoms with Gasteiger partial charge in [0.05, 0.1) is 11.4 Å². The highest BCUT2D eigenvalue weighted by atomic mass is 32.2. The molecular weight excluding hydrogens is 336 g/mol. The molecule has 132 valence electrons. The number of nitrogens with one attached hydrogen (secondary N) is 1. The van der Waals surface area contributed by atoms with E-state index in [1.54, 1.807) is 17.0 Å². The van der Waals surface area contributed by atoms with Gasteiger partial charge in [-0.25, -0.2) is 8.42 Å². The molecular formula is C19H22N2O3S. The number of carbonyl (C=O) groups is 1. The van der Waals surface area contributed by atoms with Crippen LogP contribution in [-0.4, -0.2) is 26.6 Å². The van der Waals surface area contributed by atoms with E-state index in [-0.39, 0.29) is 11.7 Å². The second kappa shape index (κ2) is 7.27. The Kier molecular flexibility index (Phi) is 5.08. The Morgan fingerprint density at radius 1 is 1.16 bits per heavy atom. The summed E-state index contributed by atoms with van der Waals surface area (Å²) in [6.45, 7) is 2.21. The molecule has 6 heteroatoms. The average molecular weight is 358 g/mol. The first-order chi connectivity index (χ1) is 11.9. The molecule has 25 heavy (non-hydrogen) atoms. The lowest BCUT2D eigenvalue weighted by atomic mass is 10.0. The van der Waals surface area contributed by atoms with Gasteiger partial charge in [0, 0.05) is 19.2 Å². The molecule has 0 aliphatic carbocycles. The summed E-state index contributed by atoms with van der Waals surface area (Å²) in [6.07, 6.45) is 2.29. The first kappa shape index (κ1) is 17.5. The van der Waals surface area contributed by atoms with Crippen molar-refractivity contribution in [3.05, 3.63) is 59.7 Å². The van der Waals surface area contributed by atoms with Gasteiger partial charge >= 0.3 is 0 Å². The Morgan fingerprint density at radius 2 is 1.92 bits per heavy atom. The summed E-state index contributed by atoms with van der Waals surface area (Å²) in [5.41, 5.74) is 3.37. The van der Waals surface area contributed by atoms with Crippen LogP contribution in [0.1, 0.15) is 24.5 Å². The molecule has 2 aromatic rings. The third-order valence-electron chi connectivity index (χ3n) is 4.36. The van der Waals surface area contributed by atoms with Crippen molar-refractivity contribution in [2.75, 3.05) is 21.9 Å². The quantitative estimate of drug-likeness (QED) is 0.893. The topological polar surface area (TPSA) is 66.5 Å². The molecule has 1 aliphatic rings. The van der Waals surface area contributed by atoms with E-state index in [4.69, 9.17) is 0 Å². The zero-order chi connectivity index (χ0) is 17.9. The number of nitrogens with zero attached hydrogens (tertiary/aromatic N) is 1. The van der Waals surface area contributed by atoms with Gasteiger partial charge in [-0.3, -0.25) is 9.52 Å². The van der Waals surface area contributed by atoms with Crippen molar-refractivity contribution in [2.24, 2.45) is 0 Å². The number of anilines is 2. The van der Waals surface area contributed by atoms with Gasteiger partial charge in [0.25, 0.3) is 0 Å². The van der Waals surface area contributed by atoms with Crippen LogP contribution < -0.4 is 9.62 Å². The van der Waals surface area contributed by atoms with Crippen LogP contribution in [0.3, 0.4) is 0 Å². The van der Waals surface area contributed by atoms with Crippen molar-refractivity contribution >= 4 is 27.3 Å². The molecule has 1 amide bonds. The Hall–Kier alpha value is -2.34. The van der Waals surface area contributed by atoms with Crippen LogP contribution in [-0.2, 0) is 27.7 Å². The van der Waals surface area contributed by atoms with Crippen LogP contribution in [0.5, 0.6) is 0 Å². The van der Waals surface area contributed by atoms with E-state index in [0.29, 0.717) is 18.7 Å². The molecule has 0 radical (unpaired) electrons. The molecule has 0 spiro atoms. The minimum Gasteiger partial charge on any atom is -0.312 e. The van der Waals surface area contributed by atoms with Gasteiger partial charge in [0.1, 0.15) is 0 Å². The first-order valence-corrected chi connectivity index (χ1v) is 10.1. The van der Waals surface area contributed by atoms with Gasteiger partial charge in [-0.1, -0.05) is 36.4 Å². The second-order valence-corrected chi connectivity index (χ2v) is 8.12. The summed E-state index contributed by atoms with van der Waals surface area (Å²) in [7, 11) is -3.45. The normalized spacial score (nSPS) is 14.0. The number of rotatable bonds is 5. The van der Waals surface area contributed by atoms with Gasteiger partial charge in [-0.05, 0) is 42.5 Å². The van der Waals surface area contributed by atoms with Crippen LogP contribution in [0.25, 0.3) is 0 Å². The molecule has 0 aromatic heterocycles. The molecule has 2 aromatic carbocycles. The Labute approximate surface area is 148 Å². The largest absolute Gasteiger partial charge is 0.312 e. The van der Waals surface area contributed by atoms with Crippen LogP contribution >= 0.6 is 0 Å². The minimum atomic E-state index is -3.45.